The highest BCUT2D eigenvalue weighted by Crippen LogP contribution is 2.38. The monoisotopic (exact) mass is 469 g/mol. The minimum atomic E-state index is -4.64. The standard InChI is InChI=1S/C15H19N9O5S2/c16-5-9(7-25)22-31(28,29)11-3-2-10(8-1-4-12(17)19-6-8)13(14(11)30(18,26)27)15-20-23-24-21-15/h1-4,6,9,22,25H,5,7,16H2,(H2,17,19)(H2,18,26,27)(H,20,21,23,24). The molecule has 1 atom stereocenters. The van der Waals surface area contributed by atoms with Gasteiger partial charge < -0.3 is 16.6 Å². The van der Waals surface area contributed by atoms with Crippen molar-refractivity contribution in [2.45, 2.75) is 15.8 Å². The minimum Gasteiger partial charge on any atom is -0.395 e. The van der Waals surface area contributed by atoms with Gasteiger partial charge >= 0.3 is 0 Å². The molecule has 2 heterocycles. The lowest BCUT2D eigenvalue weighted by Crippen LogP contribution is -2.43. The van der Waals surface area contributed by atoms with Crippen LogP contribution in [0.4, 0.5) is 5.82 Å². The molecule has 9 N–H and O–H groups in total. The van der Waals surface area contributed by atoms with E-state index >= 15 is 0 Å². The number of rotatable bonds is 8. The predicted molar refractivity (Wildman–Crippen MR) is 109 cm³/mol. The average Bonchev–Trinajstić information content (AvgIpc) is 3.25. The molecule has 0 aliphatic carbocycles. The molecular formula is C15H19N9O5S2. The summed E-state index contributed by atoms with van der Waals surface area (Å²) in [5, 5.41) is 27.9. The molecule has 0 spiro atoms. The molecule has 0 saturated carbocycles. The Bertz CT molecular complexity index is 1270. The van der Waals surface area contributed by atoms with Crippen LogP contribution in [-0.4, -0.2) is 66.7 Å². The zero-order chi connectivity index (χ0) is 22.8. The maximum Gasteiger partial charge on any atom is 0.242 e. The number of benzene rings is 1. The second-order valence-electron chi connectivity index (χ2n) is 6.30. The summed E-state index contributed by atoms with van der Waals surface area (Å²) in [6.07, 6.45) is 1.36. The maximum atomic E-state index is 13.0. The number of nitrogens with two attached hydrogens (primary N) is 3. The molecule has 31 heavy (non-hydrogen) atoms. The first kappa shape index (κ1) is 22.7. The Morgan fingerprint density at radius 2 is 1.90 bits per heavy atom. The van der Waals surface area contributed by atoms with Crippen molar-refractivity contribution in [1.82, 2.24) is 30.3 Å². The molecule has 0 saturated heterocycles. The Labute approximate surface area is 177 Å². The lowest BCUT2D eigenvalue weighted by atomic mass is 10.0. The van der Waals surface area contributed by atoms with E-state index in [0.717, 1.165) is 6.07 Å². The van der Waals surface area contributed by atoms with Gasteiger partial charge in [0.2, 0.25) is 25.9 Å². The molecule has 16 heteroatoms. The van der Waals surface area contributed by atoms with Crippen molar-refractivity contribution >= 4 is 25.9 Å². The maximum absolute atomic E-state index is 13.0. The third-order valence-electron chi connectivity index (χ3n) is 4.19. The van der Waals surface area contributed by atoms with E-state index in [1.165, 1.54) is 18.3 Å². The highest BCUT2D eigenvalue weighted by Gasteiger charge is 2.33. The van der Waals surface area contributed by atoms with Crippen LogP contribution in [0.2, 0.25) is 0 Å². The van der Waals surface area contributed by atoms with Crippen LogP contribution in [0, 0.1) is 0 Å². The van der Waals surface area contributed by atoms with Crippen LogP contribution in [-0.2, 0) is 20.0 Å². The number of hydrogen-bond donors (Lipinski definition) is 6. The van der Waals surface area contributed by atoms with E-state index < -0.39 is 42.5 Å². The van der Waals surface area contributed by atoms with Crippen molar-refractivity contribution in [3.63, 3.8) is 0 Å². The van der Waals surface area contributed by atoms with Crippen LogP contribution in [0.15, 0.2) is 40.3 Å². The number of hydrogen-bond acceptors (Lipinski definition) is 11. The summed E-state index contributed by atoms with van der Waals surface area (Å²) in [6.45, 7) is -0.833. The molecule has 3 aromatic rings. The lowest BCUT2D eigenvalue weighted by molar-refractivity contribution is 0.259. The molecule has 1 unspecified atom stereocenters. The number of sulfonamides is 2. The number of tetrazole rings is 1. The van der Waals surface area contributed by atoms with Crippen LogP contribution in [0.5, 0.6) is 0 Å². The number of aromatic amines is 1. The molecule has 0 radical (unpaired) electrons. The Balaban J connectivity index is 2.38. The second kappa shape index (κ2) is 8.61. The average molecular weight is 470 g/mol. The number of aliphatic hydroxyl groups is 1. The Hall–Kier alpha value is -3.02. The number of pyridine rings is 1. The Morgan fingerprint density at radius 1 is 1.16 bits per heavy atom. The number of H-pyrrole nitrogens is 1. The van der Waals surface area contributed by atoms with Gasteiger partial charge in [-0.25, -0.2) is 31.7 Å². The van der Waals surface area contributed by atoms with Crippen LogP contribution in [0.1, 0.15) is 0 Å². The van der Waals surface area contributed by atoms with Gasteiger partial charge in [0.05, 0.1) is 18.2 Å². The smallest absolute Gasteiger partial charge is 0.242 e. The van der Waals surface area contributed by atoms with Crippen LogP contribution in [0.3, 0.4) is 0 Å². The summed E-state index contributed by atoms with van der Waals surface area (Å²) in [4.78, 5) is 2.53. The number of nitrogens with zero attached hydrogens (tertiary/aromatic N) is 4. The van der Waals surface area contributed by atoms with Crippen molar-refractivity contribution in [1.29, 1.82) is 0 Å². The molecule has 1 aromatic carbocycles. The first-order chi connectivity index (χ1) is 14.6. The SMILES string of the molecule is NCC(CO)NS(=O)(=O)c1ccc(-c2ccc(N)nc2)c(-c2nn[nH]n2)c1S(N)(=O)=O. The van der Waals surface area contributed by atoms with E-state index in [2.05, 4.69) is 30.3 Å². The van der Waals surface area contributed by atoms with Crippen molar-refractivity contribution in [3.05, 3.63) is 30.5 Å². The molecule has 0 aliphatic rings. The largest absolute Gasteiger partial charge is 0.395 e. The van der Waals surface area contributed by atoms with Gasteiger partial charge in [0.25, 0.3) is 0 Å². The molecule has 0 fully saturated rings. The van der Waals surface area contributed by atoms with E-state index in [1.54, 1.807) is 6.07 Å². The van der Waals surface area contributed by atoms with Crippen LogP contribution in [0.25, 0.3) is 22.5 Å². The summed E-state index contributed by atoms with van der Waals surface area (Å²) >= 11 is 0. The Morgan fingerprint density at radius 3 is 2.42 bits per heavy atom. The van der Waals surface area contributed by atoms with Crippen LogP contribution < -0.4 is 21.3 Å². The zero-order valence-corrected chi connectivity index (χ0v) is 17.4. The fourth-order valence-corrected chi connectivity index (χ4v) is 5.64. The molecule has 0 amide bonds. The van der Waals surface area contributed by atoms with E-state index in [9.17, 15) is 21.9 Å². The number of anilines is 1. The summed E-state index contributed by atoms with van der Waals surface area (Å²) in [6, 6.07) is 4.39. The quantitative estimate of drug-likeness (QED) is 0.206. The van der Waals surface area contributed by atoms with E-state index in [0.29, 0.717) is 5.56 Å². The van der Waals surface area contributed by atoms with Gasteiger partial charge in [0.1, 0.15) is 15.6 Å². The number of nitrogens with one attached hydrogen (secondary N) is 2. The van der Waals surface area contributed by atoms with Crippen molar-refractivity contribution in [3.8, 4) is 22.5 Å². The van der Waals surface area contributed by atoms with Crippen molar-refractivity contribution in [2.75, 3.05) is 18.9 Å². The third kappa shape index (κ3) is 4.68. The van der Waals surface area contributed by atoms with E-state index in [4.69, 9.17) is 16.6 Å². The van der Waals surface area contributed by atoms with Crippen LogP contribution >= 0.6 is 0 Å². The number of aromatic nitrogens is 5. The van der Waals surface area contributed by atoms with Gasteiger partial charge in [-0.1, -0.05) is 6.07 Å². The van der Waals surface area contributed by atoms with Gasteiger partial charge in [-0.3, -0.25) is 0 Å². The molecule has 166 valence electrons. The number of nitrogen functional groups attached to an aromatic ring is 1. The van der Waals surface area contributed by atoms with Crippen molar-refractivity contribution in [2.24, 2.45) is 10.9 Å². The first-order valence-corrected chi connectivity index (χ1v) is 11.6. The van der Waals surface area contributed by atoms with Gasteiger partial charge in [-0.15, -0.1) is 10.2 Å². The van der Waals surface area contributed by atoms with Gasteiger partial charge in [0, 0.05) is 18.3 Å². The lowest BCUT2D eigenvalue weighted by Gasteiger charge is -2.19. The zero-order valence-electron chi connectivity index (χ0n) is 15.8. The summed E-state index contributed by atoms with van der Waals surface area (Å²) in [5.41, 5.74) is 11.4. The second-order valence-corrected chi connectivity index (χ2v) is 9.48. The molecule has 0 bridgehead atoms. The summed E-state index contributed by atoms with van der Waals surface area (Å²) in [5.74, 6) is 0.00203. The fraction of sp³-hybridized carbons (Fsp3) is 0.200. The molecular weight excluding hydrogens is 450 g/mol. The summed E-state index contributed by atoms with van der Waals surface area (Å²) < 4.78 is 53.2. The number of primary sulfonamides is 1. The van der Waals surface area contributed by atoms with Gasteiger partial charge in [0.15, 0.2) is 0 Å². The van der Waals surface area contributed by atoms with Crippen molar-refractivity contribution < 1.29 is 21.9 Å². The number of aliphatic hydroxyl groups excluding tert-OH is 1. The normalized spacial score (nSPS) is 13.3. The molecule has 14 nitrogen and oxygen atoms in total. The highest BCUT2D eigenvalue weighted by molar-refractivity contribution is 7.92. The van der Waals surface area contributed by atoms with E-state index in [1.807, 2.05) is 0 Å². The highest BCUT2D eigenvalue weighted by atomic mass is 32.2. The molecule has 2 aromatic heterocycles. The first-order valence-electron chi connectivity index (χ1n) is 8.57. The summed E-state index contributed by atoms with van der Waals surface area (Å²) in [7, 11) is -9.13. The topological polar surface area (TPSA) is 246 Å². The minimum absolute atomic E-state index is 0.209. The third-order valence-corrected chi connectivity index (χ3v) is 6.87. The molecule has 3 rings (SSSR count). The Kier molecular flexibility index (Phi) is 6.30. The van der Waals surface area contributed by atoms with Gasteiger partial charge in [-0.05, 0) is 29.0 Å². The van der Waals surface area contributed by atoms with Gasteiger partial charge in [-0.2, -0.15) is 5.21 Å². The fourth-order valence-electron chi connectivity index (χ4n) is 2.80. The molecule has 0 aliphatic heterocycles. The predicted octanol–water partition coefficient (Wildman–Crippen LogP) is -2.24. The van der Waals surface area contributed by atoms with E-state index in [-0.39, 0.29) is 29.3 Å².